The van der Waals surface area contributed by atoms with Crippen molar-refractivity contribution < 1.29 is 9.53 Å². The van der Waals surface area contributed by atoms with Gasteiger partial charge < -0.3 is 15.8 Å². The van der Waals surface area contributed by atoms with Crippen LogP contribution < -0.4 is 15.8 Å². The van der Waals surface area contributed by atoms with Crippen LogP contribution in [0.15, 0.2) is 24.3 Å². The van der Waals surface area contributed by atoms with Crippen LogP contribution in [0.2, 0.25) is 0 Å². The predicted molar refractivity (Wildman–Crippen MR) is 92.6 cm³/mol. The third-order valence-corrected chi connectivity index (χ3v) is 3.63. The molecule has 2 atom stereocenters. The quantitative estimate of drug-likeness (QED) is 0.889. The highest BCUT2D eigenvalue weighted by molar-refractivity contribution is 5.92. The predicted octanol–water partition coefficient (Wildman–Crippen LogP) is 3.74. The van der Waals surface area contributed by atoms with E-state index in [4.69, 9.17) is 10.5 Å². The lowest BCUT2D eigenvalue weighted by Crippen LogP contribution is -2.34. The normalized spacial score (nSPS) is 21.6. The summed E-state index contributed by atoms with van der Waals surface area (Å²) >= 11 is 0. The van der Waals surface area contributed by atoms with Crippen LogP contribution in [0.3, 0.4) is 0 Å². The molecule has 0 saturated heterocycles. The Kier molecular flexibility index (Phi) is 6.69. The van der Waals surface area contributed by atoms with Crippen LogP contribution in [0.1, 0.15) is 46.5 Å². The maximum Gasteiger partial charge on any atom is 0.227 e. The molecule has 5 heteroatoms. The summed E-state index contributed by atoms with van der Waals surface area (Å²) < 4.78 is 5.76. The fraction of sp³-hybridized carbons (Fsp3) is 0.588. The van der Waals surface area contributed by atoms with E-state index >= 15 is 0 Å². The second-order valence-electron chi connectivity index (χ2n) is 6.85. The molecule has 1 aromatic rings. The summed E-state index contributed by atoms with van der Waals surface area (Å²) in [5.74, 6) is 0.925. The van der Waals surface area contributed by atoms with Gasteiger partial charge in [0.25, 0.3) is 0 Å². The van der Waals surface area contributed by atoms with E-state index in [0.29, 0.717) is 0 Å². The van der Waals surface area contributed by atoms with E-state index in [1.54, 1.807) is 0 Å². The maximum atomic E-state index is 12.2. The number of anilines is 1. The number of nitrogens with two attached hydrogens (primary N) is 1. The molecule has 3 N–H and O–H groups in total. The lowest BCUT2D eigenvalue weighted by Gasteiger charge is -2.25. The number of carbonyl (C=O) groups is 1. The lowest BCUT2D eigenvalue weighted by atomic mass is 9.85. The fourth-order valence-corrected chi connectivity index (χ4v) is 2.67. The maximum absolute atomic E-state index is 12.2. The van der Waals surface area contributed by atoms with Gasteiger partial charge in [-0.1, -0.05) is 6.42 Å². The van der Waals surface area contributed by atoms with E-state index < -0.39 is 0 Å². The molecule has 2 rings (SSSR count). The highest BCUT2D eigenvalue weighted by Gasteiger charge is 2.25. The third kappa shape index (κ3) is 5.85. The van der Waals surface area contributed by atoms with Crippen molar-refractivity contribution in [1.29, 1.82) is 0 Å². The van der Waals surface area contributed by atoms with Gasteiger partial charge in [-0.2, -0.15) is 0 Å². The summed E-state index contributed by atoms with van der Waals surface area (Å²) in [7, 11) is 0. The Morgan fingerprint density at radius 1 is 1.23 bits per heavy atom. The Bertz CT molecular complexity index is 482. The minimum atomic E-state index is -0.219. The summed E-state index contributed by atoms with van der Waals surface area (Å²) in [5.41, 5.74) is 6.53. The first-order valence-electron chi connectivity index (χ1n) is 7.69. The molecule has 1 aromatic carbocycles. The van der Waals surface area contributed by atoms with Crippen molar-refractivity contribution in [3.05, 3.63) is 24.3 Å². The monoisotopic (exact) mass is 326 g/mol. The number of amides is 1. The van der Waals surface area contributed by atoms with Gasteiger partial charge in [0.05, 0.1) is 0 Å². The van der Waals surface area contributed by atoms with Gasteiger partial charge in [-0.25, -0.2) is 0 Å². The van der Waals surface area contributed by atoms with Gasteiger partial charge in [0.1, 0.15) is 11.4 Å². The van der Waals surface area contributed by atoms with Crippen LogP contribution in [0.25, 0.3) is 0 Å². The van der Waals surface area contributed by atoms with E-state index in [1.165, 1.54) is 0 Å². The topological polar surface area (TPSA) is 64.3 Å². The lowest BCUT2D eigenvalue weighted by molar-refractivity contribution is -0.120. The second kappa shape index (κ2) is 7.84. The summed E-state index contributed by atoms with van der Waals surface area (Å²) in [6.45, 7) is 6.03. The molecule has 22 heavy (non-hydrogen) atoms. The molecule has 0 aromatic heterocycles. The van der Waals surface area contributed by atoms with Crippen LogP contribution in [0.5, 0.6) is 5.75 Å². The first-order valence-corrected chi connectivity index (χ1v) is 7.69. The van der Waals surface area contributed by atoms with Crippen LogP contribution in [-0.4, -0.2) is 17.6 Å². The Morgan fingerprint density at radius 3 is 2.41 bits per heavy atom. The molecule has 1 aliphatic carbocycles. The number of nitrogens with one attached hydrogen (secondary N) is 1. The molecule has 2 unspecified atom stereocenters. The molecule has 0 bridgehead atoms. The first-order chi connectivity index (χ1) is 9.83. The molecule has 4 nitrogen and oxygen atoms in total. The molecule has 0 radical (unpaired) electrons. The number of rotatable bonds is 3. The SMILES string of the molecule is CC(C)(C)Oc1ccc(NC(=O)C2CCCC(N)C2)cc1.Cl. The first kappa shape index (κ1) is 18.8. The number of ether oxygens (including phenoxy) is 1. The minimum absolute atomic E-state index is 0. The van der Waals surface area contributed by atoms with Gasteiger partial charge in [0.2, 0.25) is 5.91 Å². The second-order valence-corrected chi connectivity index (χ2v) is 6.85. The number of benzene rings is 1. The highest BCUT2D eigenvalue weighted by Crippen LogP contribution is 2.25. The minimum Gasteiger partial charge on any atom is -0.488 e. The van der Waals surface area contributed by atoms with E-state index in [1.807, 2.05) is 45.0 Å². The van der Waals surface area contributed by atoms with Crippen LogP contribution in [0, 0.1) is 5.92 Å². The third-order valence-electron chi connectivity index (χ3n) is 3.63. The Hall–Kier alpha value is -1.26. The molecule has 1 aliphatic rings. The summed E-state index contributed by atoms with van der Waals surface area (Å²) in [5, 5.41) is 2.97. The van der Waals surface area contributed by atoms with Gasteiger partial charge in [-0.05, 0) is 64.3 Å². The number of halogens is 1. The number of carbonyl (C=O) groups excluding carboxylic acids is 1. The van der Waals surface area contributed by atoms with Gasteiger partial charge in [-0.3, -0.25) is 4.79 Å². The molecule has 1 saturated carbocycles. The number of hydrogen-bond donors (Lipinski definition) is 2. The van der Waals surface area contributed by atoms with E-state index in [2.05, 4.69) is 5.32 Å². The zero-order chi connectivity index (χ0) is 15.5. The summed E-state index contributed by atoms with van der Waals surface area (Å²) in [6, 6.07) is 7.68. The number of hydrogen-bond acceptors (Lipinski definition) is 3. The molecule has 1 fully saturated rings. The zero-order valence-corrected chi connectivity index (χ0v) is 14.4. The van der Waals surface area contributed by atoms with Crippen molar-refractivity contribution in [2.45, 2.75) is 58.1 Å². The molecule has 0 heterocycles. The van der Waals surface area contributed by atoms with Crippen molar-refractivity contribution in [2.24, 2.45) is 11.7 Å². The standard InChI is InChI=1S/C17H26N2O2.ClH/c1-17(2,3)21-15-9-7-14(8-10-15)19-16(20)12-5-4-6-13(18)11-12;/h7-10,12-13H,4-6,11,18H2,1-3H3,(H,19,20);1H. The van der Waals surface area contributed by atoms with Crippen molar-refractivity contribution in [1.82, 2.24) is 0 Å². The largest absolute Gasteiger partial charge is 0.488 e. The van der Waals surface area contributed by atoms with Crippen molar-refractivity contribution in [2.75, 3.05) is 5.32 Å². The van der Waals surface area contributed by atoms with Gasteiger partial charge in [-0.15, -0.1) is 12.4 Å². The molecule has 124 valence electrons. The zero-order valence-electron chi connectivity index (χ0n) is 13.6. The molecule has 0 spiro atoms. The van der Waals surface area contributed by atoms with Crippen molar-refractivity contribution in [3.8, 4) is 5.75 Å². The Labute approximate surface area is 139 Å². The van der Waals surface area contributed by atoms with Crippen LogP contribution in [-0.2, 0) is 4.79 Å². The molecular weight excluding hydrogens is 300 g/mol. The van der Waals surface area contributed by atoms with Gasteiger partial charge in [0, 0.05) is 17.6 Å². The molecule has 0 aliphatic heterocycles. The van der Waals surface area contributed by atoms with E-state index in [-0.39, 0.29) is 35.9 Å². The van der Waals surface area contributed by atoms with E-state index in [9.17, 15) is 4.79 Å². The Balaban J connectivity index is 0.00000242. The van der Waals surface area contributed by atoms with E-state index in [0.717, 1.165) is 37.1 Å². The van der Waals surface area contributed by atoms with Crippen LogP contribution >= 0.6 is 12.4 Å². The fourth-order valence-electron chi connectivity index (χ4n) is 2.67. The summed E-state index contributed by atoms with van der Waals surface area (Å²) in [4.78, 5) is 12.2. The van der Waals surface area contributed by atoms with Crippen LogP contribution in [0.4, 0.5) is 5.69 Å². The smallest absolute Gasteiger partial charge is 0.227 e. The van der Waals surface area contributed by atoms with Gasteiger partial charge >= 0.3 is 0 Å². The average Bonchev–Trinajstić information content (AvgIpc) is 2.39. The average molecular weight is 327 g/mol. The summed E-state index contributed by atoms with van der Waals surface area (Å²) in [6.07, 6.45) is 3.79. The molecular formula is C17H27ClN2O2. The van der Waals surface area contributed by atoms with Crippen molar-refractivity contribution >= 4 is 24.0 Å². The van der Waals surface area contributed by atoms with Crippen molar-refractivity contribution in [3.63, 3.8) is 0 Å². The Morgan fingerprint density at radius 2 is 1.86 bits per heavy atom. The highest BCUT2D eigenvalue weighted by atomic mass is 35.5. The van der Waals surface area contributed by atoms with Gasteiger partial charge in [0.15, 0.2) is 0 Å². The molecule has 1 amide bonds.